The molecule has 0 spiro atoms. The van der Waals surface area contributed by atoms with Crippen LogP contribution < -0.4 is 15.2 Å². The largest absolute Gasteiger partial charge is 0.493 e. The fourth-order valence-corrected chi connectivity index (χ4v) is 1.75. The van der Waals surface area contributed by atoms with Gasteiger partial charge in [0.05, 0.1) is 18.1 Å². The van der Waals surface area contributed by atoms with Crippen molar-refractivity contribution in [3.8, 4) is 17.2 Å². The molecule has 2 rings (SSSR count). The second-order valence-electron chi connectivity index (χ2n) is 4.01. The zero-order valence-electron chi connectivity index (χ0n) is 10.9. The van der Waals surface area contributed by atoms with E-state index < -0.39 is 4.92 Å². The van der Waals surface area contributed by atoms with Gasteiger partial charge in [0.15, 0.2) is 11.5 Å². The van der Waals surface area contributed by atoms with E-state index in [1.807, 2.05) is 12.1 Å². The van der Waals surface area contributed by atoms with Crippen molar-refractivity contribution in [1.82, 2.24) is 0 Å². The van der Waals surface area contributed by atoms with Crippen molar-refractivity contribution in [1.29, 1.82) is 0 Å². The van der Waals surface area contributed by atoms with Crippen molar-refractivity contribution in [2.75, 3.05) is 7.11 Å². The highest BCUT2D eigenvalue weighted by atomic mass is 16.6. The van der Waals surface area contributed by atoms with Crippen LogP contribution in [0.5, 0.6) is 17.2 Å². The van der Waals surface area contributed by atoms with Gasteiger partial charge in [0.25, 0.3) is 5.69 Å². The third-order valence-corrected chi connectivity index (χ3v) is 2.77. The lowest BCUT2D eigenvalue weighted by Gasteiger charge is -2.12. The Hall–Kier alpha value is -2.60. The predicted molar refractivity (Wildman–Crippen MR) is 74.1 cm³/mol. The average Bonchev–Trinajstić information content (AvgIpc) is 2.47. The highest BCUT2D eigenvalue weighted by Crippen LogP contribution is 2.35. The number of nitrogens with two attached hydrogens (primary N) is 1. The van der Waals surface area contributed by atoms with Gasteiger partial charge in [-0.05, 0) is 12.1 Å². The Morgan fingerprint density at radius 1 is 1.15 bits per heavy atom. The third-order valence-electron chi connectivity index (χ3n) is 2.77. The highest BCUT2D eigenvalue weighted by Gasteiger charge is 2.14. The first kappa shape index (κ1) is 13.8. The fourth-order valence-electron chi connectivity index (χ4n) is 1.75. The summed E-state index contributed by atoms with van der Waals surface area (Å²) in [5, 5.41) is 10.8. The number of nitrogens with zero attached hydrogens (tertiary/aromatic N) is 1. The minimum absolute atomic E-state index is 0.0639. The van der Waals surface area contributed by atoms with Crippen molar-refractivity contribution >= 4 is 5.69 Å². The van der Waals surface area contributed by atoms with Crippen LogP contribution in [-0.4, -0.2) is 12.0 Å². The van der Waals surface area contributed by atoms with E-state index in [1.54, 1.807) is 12.1 Å². The summed E-state index contributed by atoms with van der Waals surface area (Å²) in [5.74, 6) is 1.25. The Labute approximate surface area is 115 Å². The predicted octanol–water partition coefficient (Wildman–Crippen LogP) is 2.85. The fraction of sp³-hybridized carbons (Fsp3) is 0.143. The number of benzene rings is 2. The van der Waals surface area contributed by atoms with Gasteiger partial charge in [0, 0.05) is 18.2 Å². The van der Waals surface area contributed by atoms with Crippen LogP contribution in [0.25, 0.3) is 0 Å². The first-order chi connectivity index (χ1) is 9.65. The number of methoxy groups -OCH3 is 1. The van der Waals surface area contributed by atoms with Crippen LogP contribution in [0, 0.1) is 10.1 Å². The van der Waals surface area contributed by atoms with Gasteiger partial charge in [-0.1, -0.05) is 18.2 Å². The number of non-ortho nitro benzene ring substituents is 1. The number of nitro groups is 1. The molecule has 0 saturated carbocycles. The Morgan fingerprint density at radius 2 is 1.90 bits per heavy atom. The normalized spacial score (nSPS) is 10.1. The Balaban J connectivity index is 2.41. The van der Waals surface area contributed by atoms with E-state index >= 15 is 0 Å². The number of rotatable bonds is 5. The van der Waals surface area contributed by atoms with E-state index in [9.17, 15) is 10.1 Å². The molecule has 0 radical (unpaired) electrons. The average molecular weight is 274 g/mol. The number of para-hydroxylation sites is 1. The number of ether oxygens (including phenoxy) is 2. The van der Waals surface area contributed by atoms with E-state index in [-0.39, 0.29) is 11.4 Å². The first-order valence-corrected chi connectivity index (χ1v) is 5.94. The smallest absolute Gasteiger partial charge is 0.273 e. The summed E-state index contributed by atoms with van der Waals surface area (Å²) in [4.78, 5) is 10.3. The van der Waals surface area contributed by atoms with Crippen molar-refractivity contribution in [3.63, 3.8) is 0 Å². The standard InChI is InChI=1S/C14H14N2O4/c1-19-13-7-6-11(16(17)18)8-14(13)20-12-5-3-2-4-10(12)9-15/h2-8H,9,15H2,1H3. The summed E-state index contributed by atoms with van der Waals surface area (Å²) in [5.41, 5.74) is 6.38. The van der Waals surface area contributed by atoms with E-state index in [2.05, 4.69) is 0 Å². The minimum atomic E-state index is -0.485. The van der Waals surface area contributed by atoms with E-state index in [0.29, 0.717) is 18.0 Å². The van der Waals surface area contributed by atoms with Gasteiger partial charge in [0.2, 0.25) is 0 Å². The second kappa shape index (κ2) is 6.03. The lowest BCUT2D eigenvalue weighted by atomic mass is 10.2. The van der Waals surface area contributed by atoms with E-state index in [4.69, 9.17) is 15.2 Å². The molecule has 0 aliphatic heterocycles. The maximum Gasteiger partial charge on any atom is 0.273 e. The summed E-state index contributed by atoms with van der Waals surface area (Å²) >= 11 is 0. The van der Waals surface area contributed by atoms with Gasteiger partial charge in [0.1, 0.15) is 5.75 Å². The van der Waals surface area contributed by atoms with Gasteiger partial charge in [-0.25, -0.2) is 0 Å². The molecule has 0 atom stereocenters. The number of hydrogen-bond donors (Lipinski definition) is 1. The van der Waals surface area contributed by atoms with Gasteiger partial charge < -0.3 is 15.2 Å². The van der Waals surface area contributed by atoms with Crippen molar-refractivity contribution in [2.24, 2.45) is 5.73 Å². The van der Waals surface area contributed by atoms with Crippen LogP contribution in [0.2, 0.25) is 0 Å². The molecular formula is C14H14N2O4. The summed E-state index contributed by atoms with van der Waals surface area (Å²) in [6.45, 7) is 0.313. The molecule has 0 saturated heterocycles. The van der Waals surface area contributed by atoms with Crippen LogP contribution in [0.1, 0.15) is 5.56 Å². The highest BCUT2D eigenvalue weighted by molar-refractivity contribution is 5.51. The molecule has 20 heavy (non-hydrogen) atoms. The maximum atomic E-state index is 10.8. The van der Waals surface area contributed by atoms with Crippen molar-refractivity contribution in [2.45, 2.75) is 6.54 Å². The van der Waals surface area contributed by atoms with Crippen LogP contribution in [0.3, 0.4) is 0 Å². The molecule has 0 aliphatic rings. The lowest BCUT2D eigenvalue weighted by Crippen LogP contribution is -2.00. The molecule has 6 heteroatoms. The third kappa shape index (κ3) is 2.86. The van der Waals surface area contributed by atoms with Crippen LogP contribution >= 0.6 is 0 Å². The van der Waals surface area contributed by atoms with E-state index in [1.165, 1.54) is 25.3 Å². The molecule has 2 aromatic rings. The topological polar surface area (TPSA) is 87.6 Å². The quantitative estimate of drug-likeness (QED) is 0.669. The number of hydrogen-bond acceptors (Lipinski definition) is 5. The Bertz CT molecular complexity index is 628. The summed E-state index contributed by atoms with van der Waals surface area (Å²) < 4.78 is 10.9. The Kier molecular flexibility index (Phi) is 4.17. The molecule has 2 aromatic carbocycles. The minimum Gasteiger partial charge on any atom is -0.493 e. The summed E-state index contributed by atoms with van der Waals surface area (Å²) in [7, 11) is 1.48. The molecule has 0 unspecified atom stereocenters. The van der Waals surface area contributed by atoms with Crippen molar-refractivity contribution < 1.29 is 14.4 Å². The van der Waals surface area contributed by atoms with Gasteiger partial charge in [-0.15, -0.1) is 0 Å². The van der Waals surface area contributed by atoms with Gasteiger partial charge >= 0.3 is 0 Å². The molecule has 0 bridgehead atoms. The zero-order valence-corrected chi connectivity index (χ0v) is 10.9. The lowest BCUT2D eigenvalue weighted by molar-refractivity contribution is -0.384. The maximum absolute atomic E-state index is 10.8. The van der Waals surface area contributed by atoms with Crippen LogP contribution in [0.15, 0.2) is 42.5 Å². The molecule has 0 amide bonds. The van der Waals surface area contributed by atoms with Gasteiger partial charge in [-0.3, -0.25) is 10.1 Å². The molecule has 0 heterocycles. The molecule has 0 fully saturated rings. The Morgan fingerprint density at radius 3 is 2.55 bits per heavy atom. The first-order valence-electron chi connectivity index (χ1n) is 5.94. The SMILES string of the molecule is COc1ccc([N+](=O)[O-])cc1Oc1ccccc1CN. The molecule has 0 aromatic heterocycles. The van der Waals surface area contributed by atoms with E-state index in [0.717, 1.165) is 5.56 Å². The van der Waals surface area contributed by atoms with Crippen LogP contribution in [-0.2, 0) is 6.54 Å². The molecule has 0 aliphatic carbocycles. The van der Waals surface area contributed by atoms with Crippen LogP contribution in [0.4, 0.5) is 5.69 Å². The van der Waals surface area contributed by atoms with Gasteiger partial charge in [-0.2, -0.15) is 0 Å². The molecule has 104 valence electrons. The second-order valence-corrected chi connectivity index (χ2v) is 4.01. The zero-order chi connectivity index (χ0) is 14.5. The molecular weight excluding hydrogens is 260 g/mol. The monoisotopic (exact) mass is 274 g/mol. The molecule has 6 nitrogen and oxygen atoms in total. The van der Waals surface area contributed by atoms with Crippen molar-refractivity contribution in [3.05, 3.63) is 58.1 Å². The summed E-state index contributed by atoms with van der Waals surface area (Å²) in [6, 6.07) is 11.4. The summed E-state index contributed by atoms with van der Waals surface area (Å²) in [6.07, 6.45) is 0. The number of nitro benzene ring substituents is 1. The molecule has 2 N–H and O–H groups in total.